The van der Waals surface area contributed by atoms with Crippen molar-refractivity contribution in [2.75, 3.05) is 43.5 Å². The number of aliphatic hydroxyl groups is 2. The Labute approximate surface area is 273 Å². The highest BCUT2D eigenvalue weighted by atomic mass is 19.1. The van der Waals surface area contributed by atoms with Crippen LogP contribution in [-0.2, 0) is 4.74 Å². The van der Waals surface area contributed by atoms with Crippen molar-refractivity contribution in [3.05, 3.63) is 47.7 Å². The molecule has 1 spiro atoms. The second kappa shape index (κ2) is 10.1. The molecule has 48 heavy (non-hydrogen) atoms. The van der Waals surface area contributed by atoms with Crippen molar-refractivity contribution < 1.29 is 32.9 Å². The molecule has 5 heterocycles. The van der Waals surface area contributed by atoms with Gasteiger partial charge in [-0.2, -0.15) is 9.97 Å². The van der Waals surface area contributed by atoms with Gasteiger partial charge in [-0.25, -0.2) is 18.1 Å². The third-order valence-electron chi connectivity index (χ3n) is 11.2. The minimum Gasteiger partial charge on any atom is -0.461 e. The maximum atomic E-state index is 16.9. The molecule has 4 unspecified atom stereocenters. The Kier molecular flexibility index (Phi) is 6.32. The highest BCUT2D eigenvalue weighted by molar-refractivity contribution is 6.03. The number of anilines is 2. The van der Waals surface area contributed by atoms with E-state index in [9.17, 15) is 19.0 Å². The average Bonchev–Trinajstić information content (AvgIpc) is 3.96. The molecule has 2 aliphatic carbocycles. The van der Waals surface area contributed by atoms with Gasteiger partial charge in [0.25, 0.3) is 0 Å². The molecule has 3 aliphatic heterocycles. The van der Waals surface area contributed by atoms with Crippen LogP contribution in [0.2, 0.25) is 0 Å². The Hall–Kier alpha value is -4.22. The van der Waals surface area contributed by atoms with E-state index in [-0.39, 0.29) is 60.4 Å². The van der Waals surface area contributed by atoms with Gasteiger partial charge in [-0.05, 0) is 48.3 Å². The van der Waals surface area contributed by atoms with E-state index in [1.54, 1.807) is 6.07 Å². The van der Waals surface area contributed by atoms with Crippen LogP contribution in [0.5, 0.6) is 6.01 Å². The minimum absolute atomic E-state index is 0.0403. The summed E-state index contributed by atoms with van der Waals surface area (Å²) in [4.78, 5) is 17.3. The van der Waals surface area contributed by atoms with E-state index < -0.39 is 34.7 Å². The number of ether oxygens (including phenoxy) is 2. The largest absolute Gasteiger partial charge is 0.461 e. The normalized spacial score (nSPS) is 28.3. The molecule has 0 amide bonds. The first-order valence-electron chi connectivity index (χ1n) is 16.2. The Morgan fingerprint density at radius 2 is 2.02 bits per heavy atom. The standard InChI is InChI=1S/C35H33F3N6O4/c1-2-22-25(37)4-3-18-9-21(39)11-23(27(18)22)29-28(38)30-24(13-40-29)31(43-7-8-47-15-19-10-26(19)43)42-32(41-30)48-17-34-12-20(36)14-44(34)35(45,46)16-33(34)5-6-33/h1,3-4,9,11,13,19-20,26,45-46H,5-8,10,12,14-17,39H2. The molecule has 5 aliphatic rings. The lowest BCUT2D eigenvalue weighted by atomic mass is 9.80. The number of fused-ring (bicyclic) bond motifs is 5. The fourth-order valence-corrected chi connectivity index (χ4v) is 8.79. The van der Waals surface area contributed by atoms with Gasteiger partial charge in [-0.3, -0.25) is 4.98 Å². The van der Waals surface area contributed by atoms with E-state index in [0.29, 0.717) is 66.2 Å². The number of nitrogens with zero attached hydrogens (tertiary/aromatic N) is 5. The number of aromatic nitrogens is 3. The van der Waals surface area contributed by atoms with Gasteiger partial charge in [0.05, 0.1) is 29.7 Å². The molecule has 2 aromatic carbocycles. The van der Waals surface area contributed by atoms with Gasteiger partial charge in [-0.15, -0.1) is 6.42 Å². The fourth-order valence-electron chi connectivity index (χ4n) is 8.79. The highest BCUT2D eigenvalue weighted by Crippen LogP contribution is 2.69. The highest BCUT2D eigenvalue weighted by Gasteiger charge is 2.75. The lowest BCUT2D eigenvalue weighted by Gasteiger charge is -2.38. The first-order chi connectivity index (χ1) is 23.0. The number of nitrogen functional groups attached to an aromatic ring is 1. The average molecular weight is 659 g/mol. The van der Waals surface area contributed by atoms with Crippen LogP contribution in [0.15, 0.2) is 30.5 Å². The predicted molar refractivity (Wildman–Crippen MR) is 170 cm³/mol. The smallest absolute Gasteiger partial charge is 0.319 e. The molecule has 2 saturated carbocycles. The molecule has 248 valence electrons. The minimum atomic E-state index is -2.16. The molecule has 3 saturated heterocycles. The number of rotatable bonds is 5. The van der Waals surface area contributed by atoms with Crippen LogP contribution < -0.4 is 15.4 Å². The molecule has 10 nitrogen and oxygen atoms in total. The molecule has 13 heteroatoms. The van der Waals surface area contributed by atoms with Gasteiger partial charge in [0, 0.05) is 60.7 Å². The molecule has 4 aromatic rings. The molecule has 4 N–H and O–H groups in total. The molecule has 2 aromatic heterocycles. The van der Waals surface area contributed by atoms with Gasteiger partial charge < -0.3 is 30.3 Å². The molecule has 5 fully saturated rings. The third-order valence-corrected chi connectivity index (χ3v) is 11.2. The molecule has 0 radical (unpaired) electrons. The maximum absolute atomic E-state index is 16.9. The van der Waals surface area contributed by atoms with Crippen LogP contribution in [-0.4, -0.2) is 86.6 Å². The number of halogens is 3. The van der Waals surface area contributed by atoms with Gasteiger partial charge in [-0.1, -0.05) is 12.0 Å². The van der Waals surface area contributed by atoms with E-state index in [1.165, 1.54) is 29.3 Å². The second-order valence-electron chi connectivity index (χ2n) is 14.0. The number of benzene rings is 2. The van der Waals surface area contributed by atoms with Gasteiger partial charge in [0.1, 0.15) is 35.6 Å². The van der Waals surface area contributed by atoms with E-state index in [2.05, 4.69) is 20.8 Å². The monoisotopic (exact) mass is 658 g/mol. The number of hydrogen-bond acceptors (Lipinski definition) is 10. The summed E-state index contributed by atoms with van der Waals surface area (Å²) in [7, 11) is 0. The van der Waals surface area contributed by atoms with E-state index in [4.69, 9.17) is 26.6 Å². The van der Waals surface area contributed by atoms with Crippen molar-refractivity contribution in [2.45, 2.75) is 55.8 Å². The Morgan fingerprint density at radius 3 is 2.81 bits per heavy atom. The van der Waals surface area contributed by atoms with Crippen LogP contribution in [0.25, 0.3) is 32.9 Å². The van der Waals surface area contributed by atoms with Crippen LogP contribution >= 0.6 is 0 Å². The number of nitrogens with two attached hydrogens (primary N) is 1. The van der Waals surface area contributed by atoms with Crippen molar-refractivity contribution >= 4 is 33.2 Å². The zero-order chi connectivity index (χ0) is 33.2. The quantitative estimate of drug-likeness (QED) is 0.165. The lowest BCUT2D eigenvalue weighted by molar-refractivity contribution is -0.257. The summed E-state index contributed by atoms with van der Waals surface area (Å²) in [5.74, 6) is -0.477. The third kappa shape index (κ3) is 4.26. The number of alkyl halides is 1. The number of hydrogen-bond donors (Lipinski definition) is 3. The molecular weight excluding hydrogens is 625 g/mol. The van der Waals surface area contributed by atoms with Crippen molar-refractivity contribution in [2.24, 2.45) is 11.3 Å². The Bertz CT molecular complexity index is 2070. The molecular formula is C35H33F3N6O4. The summed E-state index contributed by atoms with van der Waals surface area (Å²) in [5, 5.41) is 22.9. The zero-order valence-electron chi connectivity index (χ0n) is 25.9. The van der Waals surface area contributed by atoms with Crippen LogP contribution in [0.3, 0.4) is 0 Å². The topological polar surface area (TPSA) is 130 Å². The SMILES string of the molecule is C#Cc1c(F)ccc2cc(N)cc(-c3ncc4c(N5CCOCC6CC65)nc(OCC56CC(F)CN5C(O)(O)CC65CC5)nc4c3F)c12. The molecule has 0 bridgehead atoms. The summed E-state index contributed by atoms with van der Waals surface area (Å²) in [5.41, 5.74) is 4.99. The van der Waals surface area contributed by atoms with Gasteiger partial charge >= 0.3 is 6.01 Å². The van der Waals surface area contributed by atoms with Gasteiger partial charge in [0.2, 0.25) is 5.91 Å². The summed E-state index contributed by atoms with van der Waals surface area (Å²) in [6, 6.07) is 5.91. The lowest BCUT2D eigenvalue weighted by Crippen LogP contribution is -2.55. The maximum Gasteiger partial charge on any atom is 0.319 e. The van der Waals surface area contributed by atoms with E-state index in [0.717, 1.165) is 6.42 Å². The predicted octanol–water partition coefficient (Wildman–Crippen LogP) is 3.90. The Morgan fingerprint density at radius 1 is 1.19 bits per heavy atom. The zero-order valence-corrected chi connectivity index (χ0v) is 25.9. The summed E-state index contributed by atoms with van der Waals surface area (Å²) >= 11 is 0. The van der Waals surface area contributed by atoms with Crippen LogP contribution in [0.4, 0.5) is 24.7 Å². The van der Waals surface area contributed by atoms with Gasteiger partial charge in [0.15, 0.2) is 5.82 Å². The molecule has 9 rings (SSSR count). The fraction of sp³-hybridized carbons (Fsp3) is 0.457. The van der Waals surface area contributed by atoms with Crippen molar-refractivity contribution in [1.29, 1.82) is 0 Å². The Balaban J connectivity index is 1.20. The van der Waals surface area contributed by atoms with E-state index in [1.807, 2.05) is 0 Å². The first kappa shape index (κ1) is 29.9. The van der Waals surface area contributed by atoms with Crippen molar-refractivity contribution in [3.8, 4) is 29.6 Å². The van der Waals surface area contributed by atoms with Crippen molar-refractivity contribution in [1.82, 2.24) is 19.9 Å². The summed E-state index contributed by atoms with van der Waals surface area (Å²) < 4.78 is 58.9. The molecule has 4 atom stereocenters. The second-order valence-corrected chi connectivity index (χ2v) is 14.0. The van der Waals surface area contributed by atoms with Crippen LogP contribution in [0, 0.1) is 35.3 Å². The first-order valence-corrected chi connectivity index (χ1v) is 16.2. The van der Waals surface area contributed by atoms with Crippen LogP contribution in [0.1, 0.15) is 37.7 Å². The summed E-state index contributed by atoms with van der Waals surface area (Å²) in [6.45, 7) is 1.34. The van der Waals surface area contributed by atoms with E-state index >= 15 is 4.39 Å². The number of pyridine rings is 1. The van der Waals surface area contributed by atoms with Crippen molar-refractivity contribution in [3.63, 3.8) is 0 Å². The number of terminal acetylenes is 1. The summed E-state index contributed by atoms with van der Waals surface area (Å²) in [6.07, 6.45) is 8.41.